The number of morpholine rings is 1. The molecular weight excluding hydrogens is 584 g/mol. The monoisotopic (exact) mass is 612 g/mol. The zero-order valence-electron chi connectivity index (χ0n) is 23.4. The highest BCUT2D eigenvalue weighted by Gasteiger charge is 2.23. The third-order valence-electron chi connectivity index (χ3n) is 7.30. The van der Waals surface area contributed by atoms with Gasteiger partial charge in [0.25, 0.3) is 15.9 Å². The van der Waals surface area contributed by atoms with Gasteiger partial charge in [0, 0.05) is 24.0 Å². The molecule has 5 aromatic rings. The Kier molecular flexibility index (Phi) is 8.03. The van der Waals surface area contributed by atoms with Crippen molar-refractivity contribution in [1.82, 2.24) is 4.98 Å². The van der Waals surface area contributed by atoms with Crippen LogP contribution < -0.4 is 14.9 Å². The second kappa shape index (κ2) is 12.0. The number of hydrogen-bond acceptors (Lipinski definition) is 6. The molecule has 1 amide bonds. The molecule has 218 valence electrons. The molecule has 6 rings (SSSR count). The average molecular weight is 613 g/mol. The van der Waals surface area contributed by atoms with E-state index in [4.69, 9.17) is 21.3 Å². The smallest absolute Gasteiger partial charge is 0.262 e. The van der Waals surface area contributed by atoms with Crippen LogP contribution in [0.25, 0.3) is 22.2 Å². The van der Waals surface area contributed by atoms with E-state index in [1.165, 1.54) is 12.1 Å². The fourth-order valence-electron chi connectivity index (χ4n) is 5.04. The van der Waals surface area contributed by atoms with E-state index in [1.807, 2.05) is 55.5 Å². The molecule has 0 spiro atoms. The van der Waals surface area contributed by atoms with Gasteiger partial charge in [-0.1, -0.05) is 71.8 Å². The largest absolute Gasteiger partial charge is 0.378 e. The molecule has 4 aromatic carbocycles. The first kappa shape index (κ1) is 28.7. The molecule has 0 aliphatic carbocycles. The lowest BCUT2D eigenvalue weighted by Crippen LogP contribution is -2.36. The molecule has 1 aliphatic heterocycles. The van der Waals surface area contributed by atoms with E-state index in [1.54, 1.807) is 36.4 Å². The molecule has 43 heavy (non-hydrogen) atoms. The molecule has 1 fully saturated rings. The summed E-state index contributed by atoms with van der Waals surface area (Å²) in [6, 6.07) is 28.5. The van der Waals surface area contributed by atoms with E-state index in [-0.39, 0.29) is 21.5 Å². The van der Waals surface area contributed by atoms with Crippen LogP contribution in [0, 0.1) is 6.92 Å². The van der Waals surface area contributed by atoms with Crippen molar-refractivity contribution in [1.29, 1.82) is 0 Å². The number of anilines is 3. The Morgan fingerprint density at radius 1 is 0.884 bits per heavy atom. The lowest BCUT2D eigenvalue weighted by molar-refractivity contribution is 0.102. The number of benzene rings is 4. The normalized spacial score (nSPS) is 13.6. The lowest BCUT2D eigenvalue weighted by atomic mass is 10.0. The van der Waals surface area contributed by atoms with Gasteiger partial charge in [0.1, 0.15) is 0 Å². The number of pyridine rings is 1. The predicted molar refractivity (Wildman–Crippen MR) is 172 cm³/mol. The molecule has 0 atom stereocenters. The highest BCUT2D eigenvalue weighted by Crippen LogP contribution is 2.33. The van der Waals surface area contributed by atoms with Gasteiger partial charge >= 0.3 is 0 Å². The first-order valence-electron chi connectivity index (χ1n) is 13.8. The van der Waals surface area contributed by atoms with E-state index in [2.05, 4.69) is 14.9 Å². The van der Waals surface area contributed by atoms with Crippen molar-refractivity contribution < 1.29 is 17.9 Å². The number of sulfonamides is 1. The fraction of sp³-hybridized carbons (Fsp3) is 0.152. The van der Waals surface area contributed by atoms with Crippen LogP contribution in [-0.4, -0.2) is 45.6 Å². The highest BCUT2D eigenvalue weighted by atomic mass is 35.5. The Morgan fingerprint density at radius 3 is 2.37 bits per heavy atom. The molecule has 2 heterocycles. The maximum atomic E-state index is 14.0. The second-order valence-electron chi connectivity index (χ2n) is 10.3. The summed E-state index contributed by atoms with van der Waals surface area (Å²) in [6.07, 6.45) is 0. The molecular formula is C33H29ClN4O4S. The number of fused-ring (bicyclic) bond motifs is 1. The number of nitrogens with zero attached hydrogens (tertiary/aromatic N) is 2. The highest BCUT2D eigenvalue weighted by molar-refractivity contribution is 7.92. The van der Waals surface area contributed by atoms with Crippen molar-refractivity contribution in [2.45, 2.75) is 11.8 Å². The third-order valence-corrected chi connectivity index (χ3v) is 9.00. The van der Waals surface area contributed by atoms with E-state index in [0.29, 0.717) is 59.8 Å². The van der Waals surface area contributed by atoms with Crippen LogP contribution in [-0.2, 0) is 14.8 Å². The van der Waals surface area contributed by atoms with Gasteiger partial charge in [0.2, 0.25) is 0 Å². The summed E-state index contributed by atoms with van der Waals surface area (Å²) >= 11 is 6.22. The summed E-state index contributed by atoms with van der Waals surface area (Å²) < 4.78 is 34.9. The number of nitrogens with one attached hydrogen (secondary N) is 2. The molecule has 0 saturated carbocycles. The zero-order valence-corrected chi connectivity index (χ0v) is 25.0. The Bertz CT molecular complexity index is 1920. The van der Waals surface area contributed by atoms with Crippen molar-refractivity contribution in [3.8, 4) is 11.3 Å². The fourth-order valence-corrected chi connectivity index (χ4v) is 6.38. The molecule has 2 N–H and O–H groups in total. The summed E-state index contributed by atoms with van der Waals surface area (Å²) in [4.78, 5) is 20.9. The van der Waals surface area contributed by atoms with Crippen LogP contribution in [0.2, 0.25) is 5.02 Å². The van der Waals surface area contributed by atoms with Gasteiger partial charge in [-0.15, -0.1) is 0 Å². The number of para-hydroxylation sites is 2. The van der Waals surface area contributed by atoms with Crippen molar-refractivity contribution in [3.63, 3.8) is 0 Å². The Morgan fingerprint density at radius 2 is 1.60 bits per heavy atom. The number of aryl methyl sites for hydroxylation is 1. The molecule has 1 aliphatic rings. The van der Waals surface area contributed by atoms with Gasteiger partial charge in [-0.3, -0.25) is 9.52 Å². The first-order chi connectivity index (χ1) is 20.8. The molecule has 0 bridgehead atoms. The Labute approximate surface area is 255 Å². The number of carbonyl (C=O) groups excluding carboxylic acids is 1. The molecule has 8 nitrogen and oxygen atoms in total. The second-order valence-corrected chi connectivity index (χ2v) is 12.3. The number of amides is 1. The van der Waals surface area contributed by atoms with Crippen LogP contribution in [0.1, 0.15) is 15.9 Å². The molecule has 1 saturated heterocycles. The number of ether oxygens (including phenoxy) is 1. The SMILES string of the molecule is Cc1ccc(-c2cc(C(=O)Nc3cc(S(=O)(=O)Nc4ccccc4Cl)ccc3N3CCOCC3)c3ccccc3n2)cc1. The quantitative estimate of drug-likeness (QED) is 0.211. The van der Waals surface area contributed by atoms with Gasteiger partial charge in [0.05, 0.1) is 57.0 Å². The van der Waals surface area contributed by atoms with Gasteiger partial charge in [0.15, 0.2) is 0 Å². The maximum absolute atomic E-state index is 14.0. The minimum atomic E-state index is -4.03. The summed E-state index contributed by atoms with van der Waals surface area (Å²) in [5, 5.41) is 3.99. The minimum absolute atomic E-state index is 0.0142. The summed E-state index contributed by atoms with van der Waals surface area (Å²) in [6.45, 7) is 4.26. The van der Waals surface area contributed by atoms with Gasteiger partial charge in [-0.05, 0) is 49.4 Å². The number of aromatic nitrogens is 1. The summed E-state index contributed by atoms with van der Waals surface area (Å²) in [5.41, 5.74) is 5.11. The molecule has 10 heteroatoms. The van der Waals surface area contributed by atoms with Gasteiger partial charge < -0.3 is 15.0 Å². The molecule has 0 radical (unpaired) electrons. The van der Waals surface area contributed by atoms with Crippen molar-refractivity contribution >= 4 is 55.5 Å². The molecule has 0 unspecified atom stereocenters. The Hall–Kier alpha value is -4.44. The number of carbonyl (C=O) groups is 1. The minimum Gasteiger partial charge on any atom is -0.378 e. The van der Waals surface area contributed by atoms with E-state index >= 15 is 0 Å². The summed E-state index contributed by atoms with van der Waals surface area (Å²) in [5.74, 6) is -0.380. The molecule has 1 aromatic heterocycles. The van der Waals surface area contributed by atoms with Crippen molar-refractivity contribution in [3.05, 3.63) is 113 Å². The van der Waals surface area contributed by atoms with Gasteiger partial charge in [-0.2, -0.15) is 0 Å². The predicted octanol–water partition coefficient (Wildman–Crippen LogP) is 6.75. The standard InChI is InChI=1S/C33H29ClN4O4S/c1-22-10-12-23(13-11-22)30-21-26(25-6-2-4-8-28(25)35-30)33(39)36-31-20-24(14-15-32(31)38-16-18-42-19-17-38)43(40,41)37-29-9-5-3-7-27(29)34/h2-15,20-21,37H,16-19H2,1H3,(H,36,39). The van der Waals surface area contributed by atoms with E-state index in [9.17, 15) is 13.2 Å². The lowest BCUT2D eigenvalue weighted by Gasteiger charge is -2.31. The van der Waals surface area contributed by atoms with E-state index < -0.39 is 10.0 Å². The van der Waals surface area contributed by atoms with Crippen LogP contribution in [0.4, 0.5) is 17.1 Å². The number of halogens is 1. The average Bonchev–Trinajstić information content (AvgIpc) is 3.02. The van der Waals surface area contributed by atoms with Crippen molar-refractivity contribution in [2.24, 2.45) is 0 Å². The number of rotatable bonds is 7. The van der Waals surface area contributed by atoms with E-state index in [0.717, 1.165) is 11.1 Å². The number of hydrogen-bond donors (Lipinski definition) is 2. The topological polar surface area (TPSA) is 101 Å². The third kappa shape index (κ3) is 6.19. The van der Waals surface area contributed by atoms with Crippen LogP contribution in [0.5, 0.6) is 0 Å². The van der Waals surface area contributed by atoms with Crippen molar-refractivity contribution in [2.75, 3.05) is 41.2 Å². The summed E-state index contributed by atoms with van der Waals surface area (Å²) in [7, 11) is -4.03. The van der Waals surface area contributed by atoms with Crippen LogP contribution >= 0.6 is 11.6 Å². The Balaban J connectivity index is 1.41. The first-order valence-corrected chi connectivity index (χ1v) is 15.7. The maximum Gasteiger partial charge on any atom is 0.262 e. The van der Waals surface area contributed by atoms with Crippen LogP contribution in [0.15, 0.2) is 102 Å². The van der Waals surface area contributed by atoms with Crippen LogP contribution in [0.3, 0.4) is 0 Å². The zero-order chi connectivity index (χ0) is 30.0. The van der Waals surface area contributed by atoms with Gasteiger partial charge in [-0.25, -0.2) is 13.4 Å².